The molecule has 9 heteroatoms. The topological polar surface area (TPSA) is 95.1 Å². The molecule has 3 rings (SSSR count). The number of carbonyl (C=O) groups is 1. The van der Waals surface area contributed by atoms with Crippen molar-refractivity contribution in [1.29, 1.82) is 0 Å². The Hall–Kier alpha value is -2.81. The summed E-state index contributed by atoms with van der Waals surface area (Å²) >= 11 is 1.31. The van der Waals surface area contributed by atoms with E-state index in [4.69, 9.17) is 9.15 Å². The number of hydrogen-bond donors (Lipinski definition) is 1. The molecule has 0 saturated heterocycles. The first-order valence-electron chi connectivity index (χ1n) is 8.00. The molecule has 0 radical (unpaired) electrons. The predicted octanol–water partition coefficient (Wildman–Crippen LogP) is 3.12. The maximum atomic E-state index is 12.1. The molecule has 0 aliphatic heterocycles. The molecule has 26 heavy (non-hydrogen) atoms. The highest BCUT2D eigenvalue weighted by Crippen LogP contribution is 2.23. The van der Waals surface area contributed by atoms with E-state index in [-0.39, 0.29) is 23.6 Å². The average molecular weight is 373 g/mol. The molecule has 0 atom stereocenters. The number of rotatable bonds is 7. The molecule has 0 bridgehead atoms. The second-order valence-electron chi connectivity index (χ2n) is 5.72. The monoisotopic (exact) mass is 373 g/mol. The summed E-state index contributed by atoms with van der Waals surface area (Å²) in [4.78, 5) is 16.4. The number of hydrogen-bond acceptors (Lipinski definition) is 7. The minimum Gasteiger partial charge on any atom is -0.497 e. The number of nitrogens with zero attached hydrogens (tertiary/aromatic N) is 4. The van der Waals surface area contributed by atoms with Crippen LogP contribution in [0.5, 0.6) is 5.75 Å². The maximum Gasteiger partial charge on any atom is 0.322 e. The van der Waals surface area contributed by atoms with Gasteiger partial charge in [0.2, 0.25) is 11.8 Å². The number of anilines is 1. The Balaban J connectivity index is 1.63. The molecule has 1 aromatic carbocycles. The van der Waals surface area contributed by atoms with Crippen LogP contribution in [0.2, 0.25) is 0 Å². The minimum absolute atomic E-state index is 0.107. The molecule has 3 aromatic rings. The van der Waals surface area contributed by atoms with Crippen molar-refractivity contribution in [2.24, 2.45) is 0 Å². The largest absolute Gasteiger partial charge is 0.497 e. The van der Waals surface area contributed by atoms with Gasteiger partial charge in [0.05, 0.1) is 18.6 Å². The number of carbonyl (C=O) groups excluding carboxylic acids is 1. The van der Waals surface area contributed by atoms with Crippen LogP contribution in [0, 0.1) is 0 Å². The highest BCUT2D eigenvalue weighted by atomic mass is 32.2. The van der Waals surface area contributed by atoms with Gasteiger partial charge in [-0.3, -0.25) is 14.7 Å². The van der Waals surface area contributed by atoms with Gasteiger partial charge >= 0.3 is 6.01 Å². The molecular formula is C17H19N5O3S. The maximum absolute atomic E-state index is 12.1. The standard InChI is InChI=1S/C17H19N5O3S/c1-11(2)15-20-21-16(25-15)19-14(23)10-26-17-18-7-8-22(17)12-5-4-6-13(9-12)24-3/h4-9,11H,10H2,1-3H3,(H,19,21,23). The van der Waals surface area contributed by atoms with Crippen molar-refractivity contribution in [1.82, 2.24) is 19.7 Å². The molecule has 2 aromatic heterocycles. The Morgan fingerprint density at radius 3 is 2.96 bits per heavy atom. The van der Waals surface area contributed by atoms with Crippen molar-refractivity contribution >= 4 is 23.7 Å². The van der Waals surface area contributed by atoms with E-state index in [1.54, 1.807) is 13.3 Å². The number of imidazole rings is 1. The lowest BCUT2D eigenvalue weighted by atomic mass is 10.2. The van der Waals surface area contributed by atoms with Gasteiger partial charge in [-0.15, -0.1) is 5.10 Å². The molecule has 0 aliphatic carbocycles. The number of thioether (sulfide) groups is 1. The van der Waals surface area contributed by atoms with E-state index in [0.717, 1.165) is 11.4 Å². The first kappa shape index (κ1) is 18.0. The summed E-state index contributed by atoms with van der Waals surface area (Å²) in [5.41, 5.74) is 0.906. The van der Waals surface area contributed by atoms with Crippen LogP contribution in [0.3, 0.4) is 0 Å². The Morgan fingerprint density at radius 1 is 1.38 bits per heavy atom. The van der Waals surface area contributed by atoms with Crippen LogP contribution in [-0.2, 0) is 4.79 Å². The van der Waals surface area contributed by atoms with Crippen LogP contribution >= 0.6 is 11.8 Å². The number of amides is 1. The van der Waals surface area contributed by atoms with E-state index < -0.39 is 0 Å². The normalized spacial score (nSPS) is 10.9. The van der Waals surface area contributed by atoms with Crippen molar-refractivity contribution in [3.8, 4) is 11.4 Å². The number of methoxy groups -OCH3 is 1. The summed E-state index contributed by atoms with van der Waals surface area (Å²) in [5.74, 6) is 1.27. The highest BCUT2D eigenvalue weighted by Gasteiger charge is 2.14. The van der Waals surface area contributed by atoms with Crippen LogP contribution in [-0.4, -0.2) is 38.5 Å². The predicted molar refractivity (Wildman–Crippen MR) is 97.9 cm³/mol. The van der Waals surface area contributed by atoms with Gasteiger partial charge in [-0.25, -0.2) is 4.98 Å². The van der Waals surface area contributed by atoms with Gasteiger partial charge in [0, 0.05) is 24.4 Å². The summed E-state index contributed by atoms with van der Waals surface area (Å²) in [6, 6.07) is 7.72. The Labute approximate surface area is 155 Å². The fraction of sp³-hybridized carbons (Fsp3) is 0.294. The zero-order chi connectivity index (χ0) is 18.5. The van der Waals surface area contributed by atoms with Gasteiger partial charge < -0.3 is 9.15 Å². The van der Waals surface area contributed by atoms with Gasteiger partial charge in [0.25, 0.3) is 0 Å². The van der Waals surface area contributed by atoms with E-state index in [1.807, 2.05) is 48.9 Å². The van der Waals surface area contributed by atoms with E-state index in [9.17, 15) is 4.79 Å². The molecule has 0 saturated carbocycles. The number of nitrogens with one attached hydrogen (secondary N) is 1. The highest BCUT2D eigenvalue weighted by molar-refractivity contribution is 7.99. The smallest absolute Gasteiger partial charge is 0.322 e. The lowest BCUT2D eigenvalue weighted by molar-refractivity contribution is -0.113. The zero-order valence-electron chi connectivity index (χ0n) is 14.7. The molecule has 136 valence electrons. The van der Waals surface area contributed by atoms with E-state index in [1.165, 1.54) is 11.8 Å². The van der Waals surface area contributed by atoms with Gasteiger partial charge in [0.1, 0.15) is 5.75 Å². The molecule has 1 amide bonds. The third-order valence-corrected chi connectivity index (χ3v) is 4.42. The van der Waals surface area contributed by atoms with E-state index in [0.29, 0.717) is 11.0 Å². The first-order chi connectivity index (χ1) is 12.6. The third-order valence-electron chi connectivity index (χ3n) is 3.45. The van der Waals surface area contributed by atoms with Crippen LogP contribution in [0.1, 0.15) is 25.7 Å². The van der Waals surface area contributed by atoms with E-state index in [2.05, 4.69) is 20.5 Å². The van der Waals surface area contributed by atoms with Crippen molar-refractivity contribution in [3.05, 3.63) is 42.5 Å². The second kappa shape index (κ2) is 8.05. The zero-order valence-corrected chi connectivity index (χ0v) is 15.5. The summed E-state index contributed by atoms with van der Waals surface area (Å²) < 4.78 is 12.5. The van der Waals surface area contributed by atoms with Crippen LogP contribution in [0.4, 0.5) is 6.01 Å². The molecule has 0 spiro atoms. The summed E-state index contributed by atoms with van der Waals surface area (Å²) in [6.07, 6.45) is 3.52. The summed E-state index contributed by atoms with van der Waals surface area (Å²) in [5, 5.41) is 11.0. The number of aromatic nitrogens is 4. The quantitative estimate of drug-likeness (QED) is 0.636. The van der Waals surface area contributed by atoms with Crippen LogP contribution in [0.15, 0.2) is 46.2 Å². The Bertz CT molecular complexity index is 890. The first-order valence-corrected chi connectivity index (χ1v) is 8.99. The van der Waals surface area contributed by atoms with Gasteiger partial charge in [-0.1, -0.05) is 36.8 Å². The molecule has 0 fully saturated rings. The van der Waals surface area contributed by atoms with Crippen molar-refractivity contribution < 1.29 is 13.9 Å². The molecule has 0 unspecified atom stereocenters. The Kier molecular flexibility index (Phi) is 5.57. The lowest BCUT2D eigenvalue weighted by Gasteiger charge is -2.08. The average Bonchev–Trinajstić information content (AvgIpc) is 3.29. The molecule has 8 nitrogen and oxygen atoms in total. The molecule has 2 heterocycles. The minimum atomic E-state index is -0.242. The molecular weight excluding hydrogens is 354 g/mol. The fourth-order valence-electron chi connectivity index (χ4n) is 2.16. The van der Waals surface area contributed by atoms with Crippen molar-refractivity contribution in [3.63, 3.8) is 0 Å². The van der Waals surface area contributed by atoms with Crippen LogP contribution < -0.4 is 10.1 Å². The van der Waals surface area contributed by atoms with E-state index >= 15 is 0 Å². The fourth-order valence-corrected chi connectivity index (χ4v) is 2.93. The van der Waals surface area contributed by atoms with Gasteiger partial charge in [0.15, 0.2) is 5.16 Å². The molecule has 1 N–H and O–H groups in total. The number of benzene rings is 1. The summed E-state index contributed by atoms with van der Waals surface area (Å²) in [7, 11) is 1.62. The second-order valence-corrected chi connectivity index (χ2v) is 6.66. The SMILES string of the molecule is COc1cccc(-n2ccnc2SCC(=O)Nc2nnc(C(C)C)o2)c1. The molecule has 0 aliphatic rings. The van der Waals surface area contributed by atoms with Gasteiger partial charge in [-0.2, -0.15) is 0 Å². The number of ether oxygens (including phenoxy) is 1. The third kappa shape index (κ3) is 4.23. The van der Waals surface area contributed by atoms with Crippen molar-refractivity contribution in [2.75, 3.05) is 18.2 Å². The summed E-state index contributed by atoms with van der Waals surface area (Å²) in [6.45, 7) is 3.88. The lowest BCUT2D eigenvalue weighted by Crippen LogP contribution is -2.14. The Morgan fingerprint density at radius 2 is 2.23 bits per heavy atom. The van der Waals surface area contributed by atoms with Gasteiger partial charge in [-0.05, 0) is 12.1 Å². The van der Waals surface area contributed by atoms with Crippen molar-refractivity contribution in [2.45, 2.75) is 24.9 Å². The van der Waals surface area contributed by atoms with Crippen LogP contribution in [0.25, 0.3) is 5.69 Å².